The molecule has 0 aliphatic carbocycles. The average Bonchev–Trinajstić information content (AvgIpc) is 3.28. The molecule has 4 aromatic carbocycles. The summed E-state index contributed by atoms with van der Waals surface area (Å²) in [6.45, 7) is 4.00. The van der Waals surface area contributed by atoms with E-state index in [9.17, 15) is 0 Å². The third kappa shape index (κ3) is 7.35. The largest absolute Gasteiger partial charge is 0.214 e. The predicted molar refractivity (Wildman–Crippen MR) is 106 cm³/mol. The maximum absolute atomic E-state index is 4.93. The van der Waals surface area contributed by atoms with Crippen molar-refractivity contribution in [3.05, 3.63) is 91.3 Å². The van der Waals surface area contributed by atoms with E-state index in [4.69, 9.17) is 17.0 Å². The van der Waals surface area contributed by atoms with Gasteiger partial charge in [0, 0.05) is 0 Å². The quantitative estimate of drug-likeness (QED) is 0.248. The second kappa shape index (κ2) is 13.4. The Hall–Kier alpha value is -0.877. The molecule has 4 aromatic rings. The topological polar surface area (TPSA) is 0 Å². The van der Waals surface area contributed by atoms with E-state index in [1.54, 1.807) is 0 Å². The zero-order valence-electron chi connectivity index (χ0n) is 13.9. The first kappa shape index (κ1) is 21.2. The van der Waals surface area contributed by atoms with Crippen LogP contribution in [-0.4, -0.2) is 0 Å². The van der Waals surface area contributed by atoms with Crippen molar-refractivity contribution < 1.29 is 20.8 Å². The third-order valence-corrected chi connectivity index (χ3v) is 3.08. The number of hydrogen-bond acceptors (Lipinski definition) is 0. The van der Waals surface area contributed by atoms with Gasteiger partial charge in [0.25, 0.3) is 0 Å². The van der Waals surface area contributed by atoms with E-state index in [-0.39, 0.29) is 0 Å². The molecule has 0 N–H and O–H groups in total. The minimum absolute atomic E-state index is 0.826. The Morgan fingerprint density at radius 1 is 0.750 bits per heavy atom. The molecule has 0 saturated carbocycles. The molecule has 0 aliphatic rings. The standard InChI is InChI=1S/C13H9.C5H5.C3H7.2ClH.Zr/c1-3-7-12-10(5-1)9-11-6-2-4-8-13(11)12;1-2-4-5-3-1;1-3-2;;;/h1-9H;1-5H;3H,1-2H3;2*1H;/q3*-1;;;+2/p-2. The molecule has 0 saturated heterocycles. The number of halogens is 2. The number of rotatable bonds is 0. The van der Waals surface area contributed by atoms with Crippen molar-refractivity contribution >= 4 is 38.6 Å². The van der Waals surface area contributed by atoms with Crippen LogP contribution in [0.3, 0.4) is 0 Å². The van der Waals surface area contributed by atoms with Gasteiger partial charge >= 0.3 is 37.9 Å². The average molecular weight is 436 g/mol. The van der Waals surface area contributed by atoms with Crippen LogP contribution in [0.2, 0.25) is 0 Å². The van der Waals surface area contributed by atoms with Crippen molar-refractivity contribution in [2.24, 2.45) is 0 Å². The van der Waals surface area contributed by atoms with Gasteiger partial charge in [0.05, 0.1) is 0 Å². The SMILES string of the molecule is C[CH-]C.[Cl][Zr][Cl].c1cc[cH-]c1.c1ccc2c(c1)[cH-]c1ccccc12. The Labute approximate surface area is 163 Å². The first-order chi connectivity index (χ1) is 11.8. The van der Waals surface area contributed by atoms with Crippen LogP contribution >= 0.6 is 17.0 Å². The van der Waals surface area contributed by atoms with Gasteiger partial charge in [-0.3, -0.25) is 0 Å². The minimum Gasteiger partial charge on any atom is -0.214 e. The van der Waals surface area contributed by atoms with Gasteiger partial charge in [-0.25, -0.2) is 12.1 Å². The van der Waals surface area contributed by atoms with Gasteiger partial charge in [-0.05, 0) is 0 Å². The van der Waals surface area contributed by atoms with Gasteiger partial charge in [-0.1, -0.05) is 36.4 Å². The summed E-state index contributed by atoms with van der Waals surface area (Å²) in [6.07, 6.45) is 2.00. The van der Waals surface area contributed by atoms with Crippen LogP contribution in [0, 0.1) is 6.42 Å². The molecule has 3 heteroatoms. The summed E-state index contributed by atoms with van der Waals surface area (Å²) in [5.41, 5.74) is 0. The fourth-order valence-electron chi connectivity index (χ4n) is 2.22. The van der Waals surface area contributed by atoms with E-state index in [0.717, 1.165) is 0 Å². The summed E-state index contributed by atoms with van der Waals surface area (Å²) in [7, 11) is 9.87. The van der Waals surface area contributed by atoms with Gasteiger partial charge < -0.3 is 6.42 Å². The molecule has 0 heterocycles. The zero-order valence-corrected chi connectivity index (χ0v) is 17.9. The summed E-state index contributed by atoms with van der Waals surface area (Å²) in [5.74, 6) is 0. The minimum atomic E-state index is -0.826. The number of fused-ring (bicyclic) bond motifs is 3. The predicted octanol–water partition coefficient (Wildman–Crippen LogP) is 7.72. The molecule has 0 aromatic heterocycles. The summed E-state index contributed by atoms with van der Waals surface area (Å²) in [5, 5.41) is 5.39. The van der Waals surface area contributed by atoms with Crippen molar-refractivity contribution in [2.45, 2.75) is 13.8 Å². The Morgan fingerprint density at radius 3 is 1.46 bits per heavy atom. The van der Waals surface area contributed by atoms with Crippen molar-refractivity contribution in [2.75, 3.05) is 0 Å². The molecule has 0 radical (unpaired) electrons. The van der Waals surface area contributed by atoms with E-state index >= 15 is 0 Å². The van der Waals surface area contributed by atoms with Crippen LogP contribution in [0.15, 0.2) is 84.9 Å². The third-order valence-electron chi connectivity index (χ3n) is 3.08. The van der Waals surface area contributed by atoms with Crippen LogP contribution in [0.1, 0.15) is 13.8 Å². The second-order valence-corrected chi connectivity index (χ2v) is 8.66. The fourth-order valence-corrected chi connectivity index (χ4v) is 2.22. The maximum atomic E-state index is 4.93. The summed E-state index contributed by atoms with van der Waals surface area (Å²) < 4.78 is 0. The fraction of sp³-hybridized carbons (Fsp3) is 0.0952. The normalized spacial score (nSPS) is 9.00. The van der Waals surface area contributed by atoms with Gasteiger partial charge in [0.2, 0.25) is 0 Å². The van der Waals surface area contributed by atoms with Crippen molar-refractivity contribution in [3.8, 4) is 0 Å². The van der Waals surface area contributed by atoms with E-state index in [1.165, 1.54) is 21.5 Å². The van der Waals surface area contributed by atoms with Gasteiger partial charge in [0.15, 0.2) is 0 Å². The van der Waals surface area contributed by atoms with Gasteiger partial charge in [-0.15, -0.1) is 39.7 Å². The van der Waals surface area contributed by atoms with Crippen molar-refractivity contribution in [3.63, 3.8) is 0 Å². The molecule has 0 bridgehead atoms. The second-order valence-electron chi connectivity index (χ2n) is 4.93. The van der Waals surface area contributed by atoms with Crippen molar-refractivity contribution in [1.82, 2.24) is 0 Å². The van der Waals surface area contributed by atoms with Crippen molar-refractivity contribution in [1.29, 1.82) is 0 Å². The number of hydrogen-bond donors (Lipinski definition) is 0. The maximum Gasteiger partial charge on any atom is -0.0771 e. The Balaban J connectivity index is 0.000000218. The molecule has 0 spiro atoms. The molecule has 0 aliphatic heterocycles. The molecule has 0 fully saturated rings. The van der Waals surface area contributed by atoms with Crippen LogP contribution < -0.4 is 0 Å². The Kier molecular flexibility index (Phi) is 11.8. The molecular weight excluding hydrogens is 414 g/mol. The molecule has 0 nitrogen and oxygen atoms in total. The monoisotopic (exact) mass is 433 g/mol. The van der Waals surface area contributed by atoms with E-state index in [0.29, 0.717) is 0 Å². The summed E-state index contributed by atoms with van der Waals surface area (Å²) in [6, 6.07) is 29.3. The summed E-state index contributed by atoms with van der Waals surface area (Å²) >= 11 is -0.826. The Bertz CT molecular complexity index is 703. The van der Waals surface area contributed by atoms with Gasteiger partial charge in [-0.2, -0.15) is 32.0 Å². The molecule has 0 unspecified atom stereocenters. The van der Waals surface area contributed by atoms with E-state index < -0.39 is 20.8 Å². The summed E-state index contributed by atoms with van der Waals surface area (Å²) in [4.78, 5) is 0. The smallest absolute Gasteiger partial charge is 0.0771 e. The first-order valence-electron chi connectivity index (χ1n) is 7.68. The van der Waals surface area contributed by atoms with Crippen LogP contribution in [0.25, 0.3) is 21.5 Å². The van der Waals surface area contributed by atoms with E-state index in [1.807, 2.05) is 50.6 Å². The molecule has 4 rings (SSSR count). The molecule has 126 valence electrons. The van der Waals surface area contributed by atoms with E-state index in [2.05, 4.69) is 54.6 Å². The molecule has 0 atom stereocenters. The van der Waals surface area contributed by atoms with Crippen LogP contribution in [-0.2, 0) is 20.8 Å². The van der Waals surface area contributed by atoms with Gasteiger partial charge in [0.1, 0.15) is 0 Å². The molecular formula is C21H21Cl2Zr-3. The van der Waals surface area contributed by atoms with Crippen LogP contribution in [0.4, 0.5) is 0 Å². The van der Waals surface area contributed by atoms with Crippen LogP contribution in [0.5, 0.6) is 0 Å². The Morgan fingerprint density at radius 2 is 1.12 bits per heavy atom. The molecule has 0 amide bonds. The zero-order chi connectivity index (χ0) is 17.6. The first-order valence-corrected chi connectivity index (χ1v) is 14.0. The number of benzene rings is 2. The molecule has 24 heavy (non-hydrogen) atoms.